The molecule has 6 heteroatoms. The average molecular weight is 371 g/mol. The lowest BCUT2D eigenvalue weighted by molar-refractivity contribution is 0.102. The van der Waals surface area contributed by atoms with Crippen LogP contribution in [0.25, 0.3) is 0 Å². The zero-order valence-electron chi connectivity index (χ0n) is 15.5. The molecule has 0 spiro atoms. The number of amides is 1. The fourth-order valence-corrected chi connectivity index (χ4v) is 3.73. The van der Waals surface area contributed by atoms with Crippen LogP contribution in [0.1, 0.15) is 58.9 Å². The number of hydrogen-bond donors (Lipinski definition) is 1. The van der Waals surface area contributed by atoms with Gasteiger partial charge in [0.2, 0.25) is 0 Å². The SMILES string of the molecule is N#Cc1c(Cc2ccccc2)nn(C2CCCC2)c1NC(=O)c1ccncc1. The van der Waals surface area contributed by atoms with E-state index < -0.39 is 0 Å². The molecule has 1 fully saturated rings. The Morgan fingerprint density at radius 3 is 2.54 bits per heavy atom. The van der Waals surface area contributed by atoms with Crippen molar-refractivity contribution in [2.75, 3.05) is 5.32 Å². The van der Waals surface area contributed by atoms with Crippen LogP contribution in [0.3, 0.4) is 0 Å². The second kappa shape index (κ2) is 8.05. The minimum Gasteiger partial charge on any atom is -0.306 e. The molecule has 0 radical (unpaired) electrons. The summed E-state index contributed by atoms with van der Waals surface area (Å²) in [5.74, 6) is 0.242. The van der Waals surface area contributed by atoms with E-state index >= 15 is 0 Å². The van der Waals surface area contributed by atoms with Crippen LogP contribution in [0.4, 0.5) is 5.82 Å². The summed E-state index contributed by atoms with van der Waals surface area (Å²) in [5, 5.41) is 17.6. The van der Waals surface area contributed by atoms with Crippen molar-refractivity contribution in [3.05, 3.63) is 77.2 Å². The molecule has 3 aromatic rings. The second-order valence-electron chi connectivity index (χ2n) is 7.02. The largest absolute Gasteiger partial charge is 0.306 e. The number of carbonyl (C=O) groups excluding carboxylic acids is 1. The molecule has 140 valence electrons. The van der Waals surface area contributed by atoms with Gasteiger partial charge >= 0.3 is 0 Å². The molecule has 1 aromatic carbocycles. The fourth-order valence-electron chi connectivity index (χ4n) is 3.73. The van der Waals surface area contributed by atoms with Gasteiger partial charge < -0.3 is 5.32 Å². The first-order chi connectivity index (χ1) is 13.8. The Morgan fingerprint density at radius 1 is 1.14 bits per heavy atom. The molecule has 1 N–H and O–H groups in total. The quantitative estimate of drug-likeness (QED) is 0.731. The van der Waals surface area contributed by atoms with E-state index in [2.05, 4.69) is 16.4 Å². The van der Waals surface area contributed by atoms with Crippen molar-refractivity contribution < 1.29 is 4.79 Å². The number of aromatic nitrogens is 3. The van der Waals surface area contributed by atoms with E-state index in [-0.39, 0.29) is 11.9 Å². The van der Waals surface area contributed by atoms with Gasteiger partial charge in [0.1, 0.15) is 17.5 Å². The zero-order valence-corrected chi connectivity index (χ0v) is 15.5. The number of nitriles is 1. The van der Waals surface area contributed by atoms with Crippen LogP contribution < -0.4 is 5.32 Å². The van der Waals surface area contributed by atoms with E-state index in [9.17, 15) is 10.1 Å². The van der Waals surface area contributed by atoms with Crippen LogP contribution in [-0.2, 0) is 6.42 Å². The molecule has 0 aliphatic heterocycles. The molecule has 6 nitrogen and oxygen atoms in total. The van der Waals surface area contributed by atoms with E-state index in [1.54, 1.807) is 24.5 Å². The molecular formula is C22H21N5O. The summed E-state index contributed by atoms with van der Waals surface area (Å²) >= 11 is 0. The smallest absolute Gasteiger partial charge is 0.256 e. The number of hydrogen-bond acceptors (Lipinski definition) is 4. The number of nitrogens with one attached hydrogen (secondary N) is 1. The maximum Gasteiger partial charge on any atom is 0.256 e. The van der Waals surface area contributed by atoms with E-state index in [0.29, 0.717) is 29.1 Å². The molecule has 4 rings (SSSR count). The van der Waals surface area contributed by atoms with Gasteiger partial charge in [-0.2, -0.15) is 10.4 Å². The minimum atomic E-state index is -0.260. The predicted molar refractivity (Wildman–Crippen MR) is 106 cm³/mol. The number of pyridine rings is 1. The van der Waals surface area contributed by atoms with Gasteiger partial charge in [-0.3, -0.25) is 9.78 Å². The molecule has 1 amide bonds. The van der Waals surface area contributed by atoms with Crippen molar-refractivity contribution in [1.82, 2.24) is 14.8 Å². The molecule has 1 aliphatic carbocycles. The van der Waals surface area contributed by atoms with Crippen molar-refractivity contribution in [2.24, 2.45) is 0 Å². The number of nitrogens with zero attached hydrogens (tertiary/aromatic N) is 4. The molecule has 0 unspecified atom stereocenters. The zero-order chi connectivity index (χ0) is 19.3. The van der Waals surface area contributed by atoms with Crippen molar-refractivity contribution in [3.8, 4) is 6.07 Å². The molecule has 28 heavy (non-hydrogen) atoms. The first-order valence-corrected chi connectivity index (χ1v) is 9.53. The Bertz CT molecular complexity index is 999. The van der Waals surface area contributed by atoms with Crippen molar-refractivity contribution in [1.29, 1.82) is 5.26 Å². The van der Waals surface area contributed by atoms with E-state index in [4.69, 9.17) is 5.10 Å². The van der Waals surface area contributed by atoms with Crippen molar-refractivity contribution >= 4 is 11.7 Å². The summed E-state index contributed by atoms with van der Waals surface area (Å²) in [6, 6.07) is 15.7. The second-order valence-corrected chi connectivity index (χ2v) is 7.02. The van der Waals surface area contributed by atoms with Crippen LogP contribution in [0, 0.1) is 11.3 Å². The number of rotatable bonds is 5. The monoisotopic (exact) mass is 371 g/mol. The van der Waals surface area contributed by atoms with Crippen LogP contribution >= 0.6 is 0 Å². The van der Waals surface area contributed by atoms with Gasteiger partial charge in [-0.1, -0.05) is 43.2 Å². The average Bonchev–Trinajstić information content (AvgIpc) is 3.37. The topological polar surface area (TPSA) is 83.6 Å². The van der Waals surface area contributed by atoms with Crippen molar-refractivity contribution in [2.45, 2.75) is 38.1 Å². The maximum atomic E-state index is 12.7. The van der Waals surface area contributed by atoms with Gasteiger partial charge in [0, 0.05) is 24.4 Å². The van der Waals surface area contributed by atoms with Gasteiger partial charge in [0.25, 0.3) is 5.91 Å². The lowest BCUT2D eigenvalue weighted by Crippen LogP contribution is -2.18. The normalized spacial score (nSPS) is 14.0. The van der Waals surface area contributed by atoms with Gasteiger partial charge in [0.05, 0.1) is 11.7 Å². The minimum absolute atomic E-state index is 0.212. The van der Waals surface area contributed by atoms with Crippen LogP contribution in [0.5, 0.6) is 0 Å². The van der Waals surface area contributed by atoms with Gasteiger partial charge in [-0.25, -0.2) is 4.68 Å². The number of benzene rings is 1. The Labute approximate surface area is 163 Å². The Hall–Kier alpha value is -3.46. The Morgan fingerprint density at radius 2 is 1.86 bits per heavy atom. The van der Waals surface area contributed by atoms with E-state index in [1.165, 1.54) is 0 Å². The van der Waals surface area contributed by atoms with Gasteiger partial charge in [-0.05, 0) is 30.5 Å². The summed E-state index contributed by atoms with van der Waals surface area (Å²) in [6.45, 7) is 0. The highest BCUT2D eigenvalue weighted by Crippen LogP contribution is 2.34. The molecule has 0 saturated heterocycles. The third-order valence-corrected chi connectivity index (χ3v) is 5.15. The van der Waals surface area contributed by atoms with Crippen LogP contribution in [-0.4, -0.2) is 20.7 Å². The molecule has 2 heterocycles. The standard InChI is InChI=1S/C22H21N5O/c23-15-19-20(14-16-6-2-1-3-7-16)26-27(18-8-4-5-9-18)21(19)25-22(28)17-10-12-24-13-11-17/h1-3,6-7,10-13,18H,4-5,8-9,14H2,(H,25,28). The van der Waals surface area contributed by atoms with Crippen molar-refractivity contribution in [3.63, 3.8) is 0 Å². The highest BCUT2D eigenvalue weighted by molar-refractivity contribution is 6.04. The molecule has 0 atom stereocenters. The summed E-state index contributed by atoms with van der Waals surface area (Å²) in [7, 11) is 0. The number of carbonyl (C=O) groups is 1. The highest BCUT2D eigenvalue weighted by Gasteiger charge is 2.27. The first kappa shape index (κ1) is 17.9. The lowest BCUT2D eigenvalue weighted by Gasteiger charge is -2.15. The predicted octanol–water partition coefficient (Wildman–Crippen LogP) is 4.11. The molecule has 1 saturated carbocycles. The molecule has 1 aliphatic rings. The lowest BCUT2D eigenvalue weighted by atomic mass is 10.1. The summed E-state index contributed by atoms with van der Waals surface area (Å²) < 4.78 is 1.86. The van der Waals surface area contributed by atoms with Crippen LogP contribution in [0.15, 0.2) is 54.9 Å². The van der Waals surface area contributed by atoms with Gasteiger partial charge in [0.15, 0.2) is 0 Å². The Balaban J connectivity index is 1.72. The van der Waals surface area contributed by atoms with Crippen LogP contribution in [0.2, 0.25) is 0 Å². The Kier molecular flexibility index (Phi) is 5.16. The molecule has 2 aromatic heterocycles. The van der Waals surface area contributed by atoms with E-state index in [0.717, 1.165) is 31.2 Å². The third kappa shape index (κ3) is 3.65. The maximum absolute atomic E-state index is 12.7. The summed E-state index contributed by atoms with van der Waals surface area (Å²) in [4.78, 5) is 16.7. The van der Waals surface area contributed by atoms with Gasteiger partial charge in [-0.15, -0.1) is 0 Å². The number of anilines is 1. The summed E-state index contributed by atoms with van der Waals surface area (Å²) in [5.41, 5.74) is 2.73. The molecule has 0 bridgehead atoms. The molecular weight excluding hydrogens is 350 g/mol. The van der Waals surface area contributed by atoms with E-state index in [1.807, 2.05) is 35.0 Å². The summed E-state index contributed by atoms with van der Waals surface area (Å²) in [6.07, 6.45) is 8.01. The fraction of sp³-hybridized carbons (Fsp3) is 0.273. The first-order valence-electron chi connectivity index (χ1n) is 9.53. The highest BCUT2D eigenvalue weighted by atomic mass is 16.1. The third-order valence-electron chi connectivity index (χ3n) is 5.15.